The van der Waals surface area contributed by atoms with Crippen molar-refractivity contribution >= 4 is 28.4 Å². The first-order valence-electron chi connectivity index (χ1n) is 13.9. The Morgan fingerprint density at radius 3 is 2.58 bits per heavy atom. The number of hydrogen-bond acceptors (Lipinski definition) is 9. The lowest BCUT2D eigenvalue weighted by atomic mass is 10.1. The molecule has 1 amide bonds. The molecule has 4 heterocycles. The number of likely N-dealkylation sites (tertiary alicyclic amines) is 1. The average molecular weight is 619 g/mol. The summed E-state index contributed by atoms with van der Waals surface area (Å²) in [5.41, 5.74) is -1.42. The summed E-state index contributed by atoms with van der Waals surface area (Å²) in [6.07, 6.45) is 2.66. The molecule has 1 saturated heterocycles. The molecule has 13 nitrogen and oxygen atoms in total. The van der Waals surface area contributed by atoms with Crippen LogP contribution >= 0.6 is 0 Å². The highest BCUT2D eigenvalue weighted by atomic mass is 19.1. The van der Waals surface area contributed by atoms with Crippen molar-refractivity contribution < 1.29 is 23.4 Å². The summed E-state index contributed by atoms with van der Waals surface area (Å²) >= 11 is 0. The number of aromatic amines is 1. The first-order chi connectivity index (χ1) is 21.6. The second kappa shape index (κ2) is 11.9. The predicted octanol–water partition coefficient (Wildman–Crippen LogP) is 2.87. The van der Waals surface area contributed by atoms with Gasteiger partial charge in [-0.15, -0.1) is 0 Å². The fourth-order valence-corrected chi connectivity index (χ4v) is 5.02. The van der Waals surface area contributed by atoms with Crippen molar-refractivity contribution in [3.63, 3.8) is 0 Å². The summed E-state index contributed by atoms with van der Waals surface area (Å²) in [6.45, 7) is 2.65. The van der Waals surface area contributed by atoms with E-state index in [1.165, 1.54) is 47.3 Å². The van der Waals surface area contributed by atoms with E-state index in [1.54, 1.807) is 6.92 Å². The number of halogens is 2. The van der Waals surface area contributed by atoms with Gasteiger partial charge >= 0.3 is 5.69 Å². The van der Waals surface area contributed by atoms with E-state index in [0.29, 0.717) is 29.9 Å². The summed E-state index contributed by atoms with van der Waals surface area (Å²) < 4.78 is 36.8. The number of aliphatic hydroxyl groups is 1. The van der Waals surface area contributed by atoms with Crippen molar-refractivity contribution in [1.82, 2.24) is 29.2 Å². The molecule has 0 saturated carbocycles. The minimum atomic E-state index is -0.907. The van der Waals surface area contributed by atoms with Gasteiger partial charge in [-0.2, -0.15) is 5.10 Å². The molecule has 6 rings (SSSR count). The monoisotopic (exact) mass is 618 g/mol. The molecular weight excluding hydrogens is 590 g/mol. The summed E-state index contributed by atoms with van der Waals surface area (Å²) in [6, 6.07) is 9.43. The Morgan fingerprint density at radius 1 is 1.13 bits per heavy atom. The molecule has 0 spiro atoms. The van der Waals surface area contributed by atoms with Crippen LogP contribution in [0, 0.1) is 11.6 Å². The topological polar surface area (TPSA) is 159 Å². The maximum absolute atomic E-state index is 15.3. The fraction of sp³-hybridized carbons (Fsp3) is 0.233. The average Bonchev–Trinajstić information content (AvgIpc) is 3.41. The molecule has 1 atom stereocenters. The number of rotatable bonds is 9. The lowest BCUT2D eigenvalue weighted by Crippen LogP contribution is -2.52. The van der Waals surface area contributed by atoms with Gasteiger partial charge in [0.1, 0.15) is 22.5 Å². The minimum absolute atomic E-state index is 0.0287. The number of anilines is 2. The second-order valence-corrected chi connectivity index (χ2v) is 10.8. The molecular formula is C30H28F2N8O5. The summed E-state index contributed by atoms with van der Waals surface area (Å²) in [4.78, 5) is 46.3. The van der Waals surface area contributed by atoms with Crippen LogP contribution < -0.4 is 26.6 Å². The van der Waals surface area contributed by atoms with E-state index in [2.05, 4.69) is 25.8 Å². The Kier molecular flexibility index (Phi) is 7.87. The van der Waals surface area contributed by atoms with Gasteiger partial charge < -0.3 is 25.4 Å². The summed E-state index contributed by atoms with van der Waals surface area (Å²) in [7, 11) is 1.87. The van der Waals surface area contributed by atoms with Crippen LogP contribution in [0.2, 0.25) is 0 Å². The van der Waals surface area contributed by atoms with Crippen molar-refractivity contribution in [2.24, 2.45) is 0 Å². The van der Waals surface area contributed by atoms with E-state index in [9.17, 15) is 23.9 Å². The zero-order valence-electron chi connectivity index (χ0n) is 24.1. The molecule has 1 aliphatic rings. The van der Waals surface area contributed by atoms with Crippen LogP contribution in [0.5, 0.6) is 11.5 Å². The lowest BCUT2D eigenvalue weighted by Gasteiger charge is -2.37. The van der Waals surface area contributed by atoms with Crippen LogP contribution in [0.3, 0.4) is 0 Å². The molecule has 1 aliphatic heterocycles. The molecule has 0 radical (unpaired) electrons. The number of benzene rings is 2. The smallest absolute Gasteiger partial charge is 0.336 e. The molecule has 45 heavy (non-hydrogen) atoms. The maximum Gasteiger partial charge on any atom is 0.336 e. The minimum Gasteiger partial charge on any atom is -0.453 e. The molecule has 2 aromatic carbocycles. The Labute approximate surface area is 253 Å². The Bertz CT molecular complexity index is 2020. The number of amides is 1. The summed E-state index contributed by atoms with van der Waals surface area (Å²) in [5.74, 6) is -1.80. The Balaban J connectivity index is 1.29. The molecule has 3 aromatic heterocycles. The molecule has 1 unspecified atom stereocenters. The second-order valence-electron chi connectivity index (χ2n) is 10.8. The van der Waals surface area contributed by atoms with E-state index in [1.807, 2.05) is 11.9 Å². The number of nitrogens with one attached hydrogen (secondary N) is 3. The van der Waals surface area contributed by atoms with Crippen LogP contribution in [0.1, 0.15) is 23.3 Å². The van der Waals surface area contributed by atoms with E-state index in [0.717, 1.165) is 22.8 Å². The van der Waals surface area contributed by atoms with Gasteiger partial charge in [0.15, 0.2) is 23.0 Å². The number of fused-ring (bicyclic) bond motifs is 1. The number of ether oxygens (including phenoxy) is 1. The molecule has 232 valence electrons. The zero-order chi connectivity index (χ0) is 31.8. The van der Waals surface area contributed by atoms with Gasteiger partial charge in [0.05, 0.1) is 18.3 Å². The van der Waals surface area contributed by atoms with Gasteiger partial charge in [0.2, 0.25) is 0 Å². The third-order valence-electron chi connectivity index (χ3n) is 7.37. The number of H-pyrrole nitrogens is 1. The first-order valence-corrected chi connectivity index (χ1v) is 13.9. The number of hydrogen-bond donors (Lipinski definition) is 4. The molecule has 1 fully saturated rings. The van der Waals surface area contributed by atoms with E-state index >= 15 is 4.39 Å². The van der Waals surface area contributed by atoms with Gasteiger partial charge in [-0.05, 0) is 50.4 Å². The third-order valence-corrected chi connectivity index (χ3v) is 7.37. The van der Waals surface area contributed by atoms with Crippen molar-refractivity contribution in [3.8, 4) is 17.2 Å². The molecule has 4 N–H and O–H groups in total. The number of likely N-dealkylation sites (N-methyl/N-ethyl adjacent to an activating group) is 1. The van der Waals surface area contributed by atoms with E-state index in [4.69, 9.17) is 4.74 Å². The first kappa shape index (κ1) is 29.7. The number of aromatic nitrogens is 5. The number of aliphatic hydroxyl groups excluding tert-OH is 1. The van der Waals surface area contributed by atoms with Crippen molar-refractivity contribution in [3.05, 3.63) is 99.0 Å². The normalized spacial score (nSPS) is 14.2. The highest BCUT2D eigenvalue weighted by Gasteiger charge is 2.29. The number of carbonyl (C=O) groups excluding carboxylic acids is 1. The van der Waals surface area contributed by atoms with Crippen molar-refractivity contribution in [2.45, 2.75) is 19.0 Å². The molecule has 5 aromatic rings. The summed E-state index contributed by atoms with van der Waals surface area (Å²) in [5, 5.41) is 22.3. The molecule has 0 bridgehead atoms. The Hall–Kier alpha value is -5.41. The fourth-order valence-electron chi connectivity index (χ4n) is 5.02. The highest BCUT2D eigenvalue weighted by Crippen LogP contribution is 2.34. The largest absolute Gasteiger partial charge is 0.453 e. The quantitative estimate of drug-likeness (QED) is 0.195. The van der Waals surface area contributed by atoms with E-state index < -0.39 is 28.8 Å². The van der Waals surface area contributed by atoms with Gasteiger partial charge in [0.25, 0.3) is 11.5 Å². The standard InChI is InChI=1S/C30H28F2N8O5/c1-16(15-41)34-27-25-24(9-10-33-26(25)36-37-27)45-23-8-5-18(11-22(23)32)35-28(42)21-14-39(20-12-38(2)13-20)30(44)40(29(21)43)19-6-3-17(31)4-7-19/h3-11,14,16,20,41H,12-13,15H2,1-2H3,(H,35,42)(H2,33,34,36,37). The van der Waals surface area contributed by atoms with Crippen molar-refractivity contribution in [2.75, 3.05) is 37.4 Å². The van der Waals surface area contributed by atoms with Crippen LogP contribution in [0.25, 0.3) is 16.7 Å². The van der Waals surface area contributed by atoms with Gasteiger partial charge in [0, 0.05) is 49.3 Å². The molecule has 15 heteroatoms. The zero-order valence-corrected chi connectivity index (χ0v) is 24.1. The predicted molar refractivity (Wildman–Crippen MR) is 161 cm³/mol. The van der Waals surface area contributed by atoms with Gasteiger partial charge in [-0.25, -0.2) is 23.1 Å². The number of nitrogens with zero attached hydrogens (tertiary/aromatic N) is 5. The number of carbonyl (C=O) groups is 1. The third kappa shape index (κ3) is 5.77. The van der Waals surface area contributed by atoms with Crippen LogP contribution in [-0.2, 0) is 0 Å². The maximum atomic E-state index is 15.3. The van der Waals surface area contributed by atoms with Gasteiger partial charge in [-0.1, -0.05) is 0 Å². The van der Waals surface area contributed by atoms with Crippen molar-refractivity contribution in [1.29, 1.82) is 0 Å². The highest BCUT2D eigenvalue weighted by molar-refractivity contribution is 6.04. The van der Waals surface area contributed by atoms with Crippen LogP contribution in [0.15, 0.2) is 70.5 Å². The van der Waals surface area contributed by atoms with Crippen LogP contribution in [-0.4, -0.2) is 73.0 Å². The van der Waals surface area contributed by atoms with E-state index in [-0.39, 0.29) is 47.1 Å². The SMILES string of the molecule is CC(CO)Nc1n[nH]c2nccc(Oc3ccc(NC(=O)c4cn(C5CN(C)C5)c(=O)n(-c5ccc(F)cc5)c4=O)cc3F)c12. The molecule has 0 aliphatic carbocycles. The van der Waals surface area contributed by atoms with Gasteiger partial charge in [-0.3, -0.25) is 19.3 Å². The Morgan fingerprint density at radius 2 is 1.89 bits per heavy atom. The van der Waals surface area contributed by atoms with Crippen LogP contribution in [0.4, 0.5) is 20.3 Å². The lowest BCUT2D eigenvalue weighted by molar-refractivity contribution is 0.102. The number of pyridine rings is 1.